The Kier molecular flexibility index (Phi) is 10.1. The fourth-order valence-electron chi connectivity index (χ4n) is 4.78. The number of carboxylic acids is 1. The first kappa shape index (κ1) is 29.5. The first-order valence-corrected chi connectivity index (χ1v) is 14.1. The molecule has 2 aromatic carbocycles. The van der Waals surface area contributed by atoms with E-state index >= 15 is 4.39 Å². The number of hydrogen-bond acceptors (Lipinski definition) is 5. The van der Waals surface area contributed by atoms with E-state index in [1.165, 1.54) is 39.0 Å². The predicted octanol–water partition coefficient (Wildman–Crippen LogP) is 7.84. The normalized spacial score (nSPS) is 14.3. The molecule has 1 amide bonds. The number of aromatic nitrogens is 1. The Morgan fingerprint density at radius 1 is 1.15 bits per heavy atom. The minimum Gasteiger partial charge on any atom is -0.478 e. The highest BCUT2D eigenvalue weighted by Gasteiger charge is 2.18. The van der Waals surface area contributed by atoms with E-state index in [4.69, 9.17) is 9.84 Å². The number of amides is 1. The van der Waals surface area contributed by atoms with Crippen molar-refractivity contribution in [1.82, 2.24) is 4.98 Å². The molecule has 1 saturated carbocycles. The Labute approximate surface area is 234 Å². The van der Waals surface area contributed by atoms with Gasteiger partial charge in [-0.2, -0.15) is 0 Å². The van der Waals surface area contributed by atoms with Gasteiger partial charge in [0.05, 0.1) is 12.3 Å². The average molecular weight is 573 g/mol. The van der Waals surface area contributed by atoms with Crippen molar-refractivity contribution in [2.75, 3.05) is 11.9 Å². The average Bonchev–Trinajstić information content (AvgIpc) is 3.39. The SMILES string of the molecule is CC(=Cc1c(F)cc(C(=O)Nc2nc(-c3cccc(COCCCC4CCCCC4)c3F)cs2)cc1F)C(=O)O. The summed E-state index contributed by atoms with van der Waals surface area (Å²) >= 11 is 1.04. The van der Waals surface area contributed by atoms with Gasteiger partial charge in [-0.05, 0) is 50.0 Å². The number of carboxylic acid groups (broad SMARTS) is 1. The van der Waals surface area contributed by atoms with Gasteiger partial charge in [0.1, 0.15) is 17.5 Å². The lowest BCUT2D eigenvalue weighted by molar-refractivity contribution is -0.132. The zero-order valence-corrected chi connectivity index (χ0v) is 23.0. The van der Waals surface area contributed by atoms with E-state index < -0.39 is 34.9 Å². The molecule has 1 fully saturated rings. The molecule has 6 nitrogen and oxygen atoms in total. The van der Waals surface area contributed by atoms with Gasteiger partial charge in [0.2, 0.25) is 0 Å². The Morgan fingerprint density at radius 2 is 1.88 bits per heavy atom. The lowest BCUT2D eigenvalue weighted by Gasteiger charge is -2.21. The Hall–Kier alpha value is -3.50. The summed E-state index contributed by atoms with van der Waals surface area (Å²) in [6.45, 7) is 1.92. The minimum absolute atomic E-state index is 0.121. The van der Waals surface area contributed by atoms with Gasteiger partial charge >= 0.3 is 5.97 Å². The smallest absolute Gasteiger partial charge is 0.331 e. The third-order valence-electron chi connectivity index (χ3n) is 7.00. The van der Waals surface area contributed by atoms with Gasteiger partial charge in [-0.25, -0.2) is 22.9 Å². The van der Waals surface area contributed by atoms with E-state index in [0.29, 0.717) is 17.9 Å². The highest BCUT2D eigenvalue weighted by atomic mass is 32.1. The summed E-state index contributed by atoms with van der Waals surface area (Å²) in [5, 5.41) is 13.1. The van der Waals surface area contributed by atoms with Crippen molar-refractivity contribution in [2.45, 2.75) is 58.5 Å². The van der Waals surface area contributed by atoms with Gasteiger partial charge in [-0.1, -0.05) is 44.2 Å². The zero-order chi connectivity index (χ0) is 28.6. The number of anilines is 1. The first-order chi connectivity index (χ1) is 19.2. The van der Waals surface area contributed by atoms with E-state index in [1.807, 2.05) is 0 Å². The van der Waals surface area contributed by atoms with Crippen LogP contribution in [-0.4, -0.2) is 28.6 Å². The molecule has 1 aromatic heterocycles. The number of rotatable bonds is 11. The van der Waals surface area contributed by atoms with Crippen molar-refractivity contribution >= 4 is 34.4 Å². The molecule has 0 radical (unpaired) electrons. The van der Waals surface area contributed by atoms with Gasteiger partial charge in [0.15, 0.2) is 5.13 Å². The van der Waals surface area contributed by atoms with Gasteiger partial charge in [0.25, 0.3) is 5.91 Å². The number of halogens is 3. The summed E-state index contributed by atoms with van der Waals surface area (Å²) < 4.78 is 49.8. The van der Waals surface area contributed by atoms with E-state index in [2.05, 4.69) is 10.3 Å². The van der Waals surface area contributed by atoms with E-state index in [0.717, 1.165) is 48.3 Å². The monoisotopic (exact) mass is 572 g/mol. The number of thiazole rings is 1. The molecule has 0 saturated heterocycles. The van der Waals surface area contributed by atoms with Gasteiger partial charge < -0.3 is 9.84 Å². The quantitative estimate of drug-likeness (QED) is 0.180. The highest BCUT2D eigenvalue weighted by Crippen LogP contribution is 2.30. The molecule has 0 atom stereocenters. The van der Waals surface area contributed by atoms with Gasteiger partial charge in [-0.3, -0.25) is 10.1 Å². The zero-order valence-electron chi connectivity index (χ0n) is 22.1. The molecular formula is C30H31F3N2O4S. The van der Waals surface area contributed by atoms with Crippen LogP contribution in [0.3, 0.4) is 0 Å². The summed E-state index contributed by atoms with van der Waals surface area (Å²) in [5.41, 5.74) is -0.168. The van der Waals surface area contributed by atoms with Crippen LogP contribution in [0.15, 0.2) is 41.3 Å². The van der Waals surface area contributed by atoms with E-state index in [1.54, 1.807) is 23.6 Å². The number of nitrogens with one attached hydrogen (secondary N) is 1. The molecule has 3 aromatic rings. The summed E-state index contributed by atoms with van der Waals surface area (Å²) in [4.78, 5) is 27.9. The van der Waals surface area contributed by atoms with Crippen LogP contribution in [0.25, 0.3) is 17.3 Å². The maximum atomic E-state index is 15.2. The fourth-order valence-corrected chi connectivity index (χ4v) is 5.48. The van der Waals surface area contributed by atoms with Crippen LogP contribution >= 0.6 is 11.3 Å². The second-order valence-corrected chi connectivity index (χ2v) is 10.8. The second-order valence-electron chi connectivity index (χ2n) is 9.96. The summed E-state index contributed by atoms with van der Waals surface area (Å²) in [6.07, 6.45) is 9.48. The Morgan fingerprint density at radius 3 is 2.58 bits per heavy atom. The Bertz CT molecular complexity index is 1380. The summed E-state index contributed by atoms with van der Waals surface area (Å²) in [6, 6.07) is 6.58. The largest absolute Gasteiger partial charge is 0.478 e. The molecule has 10 heteroatoms. The predicted molar refractivity (Wildman–Crippen MR) is 149 cm³/mol. The standard InChI is InChI=1S/C30H31F3N2O4S/c1-18(29(37)38)13-23-24(31)14-21(15-25(23)32)28(36)35-30-34-26(17-40-30)22-11-5-10-20(27(22)33)16-39-12-6-9-19-7-3-2-4-8-19/h5,10-11,13-15,17,19H,2-4,6-9,12,16H2,1H3,(H,37,38)(H,34,35,36). The molecule has 212 valence electrons. The topological polar surface area (TPSA) is 88.5 Å². The van der Waals surface area contributed by atoms with Crippen LogP contribution < -0.4 is 5.32 Å². The number of benzene rings is 2. The fraction of sp³-hybridized carbons (Fsp3) is 0.367. The second kappa shape index (κ2) is 13.7. The van der Waals surface area contributed by atoms with Gasteiger partial charge in [0, 0.05) is 39.8 Å². The van der Waals surface area contributed by atoms with Crippen molar-refractivity contribution in [2.24, 2.45) is 5.92 Å². The summed E-state index contributed by atoms with van der Waals surface area (Å²) in [5.74, 6) is -3.98. The third kappa shape index (κ3) is 7.57. The van der Waals surface area contributed by atoms with Crippen molar-refractivity contribution in [1.29, 1.82) is 0 Å². The number of carbonyl (C=O) groups is 2. The maximum Gasteiger partial charge on any atom is 0.331 e. The number of carbonyl (C=O) groups excluding carboxylic acids is 1. The van der Waals surface area contributed by atoms with Crippen LogP contribution in [0, 0.1) is 23.4 Å². The van der Waals surface area contributed by atoms with E-state index in [9.17, 15) is 18.4 Å². The highest BCUT2D eigenvalue weighted by molar-refractivity contribution is 7.14. The lowest BCUT2D eigenvalue weighted by atomic mass is 9.86. The molecular weight excluding hydrogens is 541 g/mol. The number of hydrogen-bond donors (Lipinski definition) is 2. The minimum atomic E-state index is -1.32. The molecule has 0 bridgehead atoms. The first-order valence-electron chi connectivity index (χ1n) is 13.3. The number of aliphatic carboxylic acids is 1. The van der Waals surface area contributed by atoms with Crippen molar-refractivity contribution in [3.8, 4) is 11.3 Å². The van der Waals surface area contributed by atoms with Gasteiger partial charge in [-0.15, -0.1) is 11.3 Å². The van der Waals surface area contributed by atoms with Crippen LogP contribution in [0.2, 0.25) is 0 Å². The molecule has 0 unspecified atom stereocenters. The molecule has 1 aliphatic carbocycles. The molecule has 40 heavy (non-hydrogen) atoms. The molecule has 1 aliphatic rings. The van der Waals surface area contributed by atoms with Crippen molar-refractivity contribution in [3.63, 3.8) is 0 Å². The summed E-state index contributed by atoms with van der Waals surface area (Å²) in [7, 11) is 0. The van der Waals surface area contributed by atoms with Crippen LogP contribution in [0.4, 0.5) is 18.3 Å². The number of nitrogens with zero attached hydrogens (tertiary/aromatic N) is 1. The molecule has 0 spiro atoms. The molecule has 2 N–H and O–H groups in total. The van der Waals surface area contributed by atoms with Crippen molar-refractivity contribution < 1.29 is 32.6 Å². The molecule has 1 heterocycles. The van der Waals surface area contributed by atoms with Crippen molar-refractivity contribution in [3.05, 3.63) is 75.4 Å². The van der Waals surface area contributed by atoms with Crippen LogP contribution in [0.5, 0.6) is 0 Å². The maximum absolute atomic E-state index is 15.2. The third-order valence-corrected chi connectivity index (χ3v) is 7.76. The van der Waals surface area contributed by atoms with E-state index in [-0.39, 0.29) is 28.4 Å². The molecule has 4 rings (SSSR count). The lowest BCUT2D eigenvalue weighted by Crippen LogP contribution is -2.13. The molecule has 0 aliphatic heterocycles. The van der Waals surface area contributed by atoms with Crippen LogP contribution in [0.1, 0.15) is 73.4 Å². The van der Waals surface area contributed by atoms with Crippen LogP contribution in [-0.2, 0) is 16.1 Å². The number of ether oxygens (including phenoxy) is 1. The Balaban J connectivity index is 1.37.